The van der Waals surface area contributed by atoms with Crippen LogP contribution in [0.3, 0.4) is 0 Å². The number of aliphatic hydroxyl groups excluding tert-OH is 1. The maximum absolute atomic E-state index is 13.5. The van der Waals surface area contributed by atoms with Gasteiger partial charge in [-0.1, -0.05) is 48.9 Å². The molecule has 5 heteroatoms. The molecule has 3 nitrogen and oxygen atoms in total. The SMILES string of the molecule is Cc1ccc(C(SCCN2C[C@@H](C)N(CC(C)CO)[C@@H](C)C2)c2ccc(F)cc2)cc1. The highest BCUT2D eigenvalue weighted by molar-refractivity contribution is 7.99. The number of hydrogen-bond donors (Lipinski definition) is 1. The Kier molecular flexibility index (Phi) is 8.96. The first-order valence-electron chi connectivity index (χ1n) is 11.4. The lowest BCUT2D eigenvalue weighted by Gasteiger charge is -2.45. The van der Waals surface area contributed by atoms with Crippen molar-refractivity contribution in [1.29, 1.82) is 0 Å². The van der Waals surface area contributed by atoms with Gasteiger partial charge in [-0.15, -0.1) is 11.8 Å². The molecular weight excluding hydrogens is 407 g/mol. The Morgan fingerprint density at radius 1 is 1.00 bits per heavy atom. The fourth-order valence-corrected chi connectivity index (χ4v) is 5.79. The van der Waals surface area contributed by atoms with Crippen LogP contribution >= 0.6 is 11.8 Å². The normalized spacial score (nSPS) is 22.4. The predicted molar refractivity (Wildman–Crippen MR) is 130 cm³/mol. The van der Waals surface area contributed by atoms with Crippen LogP contribution in [0.5, 0.6) is 0 Å². The van der Waals surface area contributed by atoms with Crippen LogP contribution in [0.25, 0.3) is 0 Å². The molecule has 0 aliphatic carbocycles. The zero-order valence-corrected chi connectivity index (χ0v) is 20.1. The Balaban J connectivity index is 1.61. The van der Waals surface area contributed by atoms with Gasteiger partial charge in [0.05, 0.1) is 5.25 Å². The first-order chi connectivity index (χ1) is 14.9. The number of thioether (sulfide) groups is 1. The Morgan fingerprint density at radius 2 is 1.55 bits per heavy atom. The molecule has 0 amide bonds. The van der Waals surface area contributed by atoms with Gasteiger partial charge in [-0.05, 0) is 49.9 Å². The van der Waals surface area contributed by atoms with Gasteiger partial charge < -0.3 is 5.11 Å². The Labute approximate surface area is 191 Å². The minimum Gasteiger partial charge on any atom is -0.396 e. The van der Waals surface area contributed by atoms with E-state index in [1.54, 1.807) is 12.1 Å². The number of benzene rings is 2. The van der Waals surface area contributed by atoms with E-state index in [1.165, 1.54) is 11.1 Å². The van der Waals surface area contributed by atoms with Crippen LogP contribution in [-0.2, 0) is 0 Å². The molecule has 170 valence electrons. The smallest absolute Gasteiger partial charge is 0.123 e. The molecule has 1 aliphatic heterocycles. The van der Waals surface area contributed by atoms with Crippen molar-refractivity contribution in [3.8, 4) is 0 Å². The summed E-state index contributed by atoms with van der Waals surface area (Å²) in [5.41, 5.74) is 3.68. The summed E-state index contributed by atoms with van der Waals surface area (Å²) in [6, 6.07) is 16.6. The second kappa shape index (κ2) is 11.5. The summed E-state index contributed by atoms with van der Waals surface area (Å²) in [6.45, 7) is 13.2. The number of aryl methyl sites for hydroxylation is 1. The van der Waals surface area contributed by atoms with Crippen molar-refractivity contribution in [2.45, 2.75) is 45.0 Å². The van der Waals surface area contributed by atoms with Crippen LogP contribution in [0.2, 0.25) is 0 Å². The van der Waals surface area contributed by atoms with E-state index in [0.29, 0.717) is 18.0 Å². The van der Waals surface area contributed by atoms with Crippen molar-refractivity contribution < 1.29 is 9.50 Å². The molecule has 31 heavy (non-hydrogen) atoms. The molecule has 1 aliphatic rings. The van der Waals surface area contributed by atoms with E-state index in [9.17, 15) is 9.50 Å². The van der Waals surface area contributed by atoms with Crippen LogP contribution in [-0.4, -0.2) is 65.5 Å². The molecule has 1 heterocycles. The maximum atomic E-state index is 13.5. The van der Waals surface area contributed by atoms with E-state index in [-0.39, 0.29) is 17.7 Å². The summed E-state index contributed by atoms with van der Waals surface area (Å²) in [4.78, 5) is 5.11. The molecule has 3 rings (SSSR count). The monoisotopic (exact) mass is 444 g/mol. The molecule has 2 unspecified atom stereocenters. The highest BCUT2D eigenvalue weighted by atomic mass is 32.2. The highest BCUT2D eigenvalue weighted by Crippen LogP contribution is 2.36. The van der Waals surface area contributed by atoms with Crippen molar-refractivity contribution in [2.24, 2.45) is 5.92 Å². The minimum absolute atomic E-state index is 0.187. The third-order valence-electron chi connectivity index (χ3n) is 6.26. The van der Waals surface area contributed by atoms with Gasteiger partial charge in [0.1, 0.15) is 5.82 Å². The summed E-state index contributed by atoms with van der Waals surface area (Å²) < 4.78 is 13.5. The van der Waals surface area contributed by atoms with Gasteiger partial charge in [0.15, 0.2) is 0 Å². The average Bonchev–Trinajstić information content (AvgIpc) is 2.75. The van der Waals surface area contributed by atoms with E-state index in [2.05, 4.69) is 61.8 Å². The molecule has 0 saturated carbocycles. The zero-order valence-electron chi connectivity index (χ0n) is 19.3. The fourth-order valence-electron chi connectivity index (χ4n) is 4.49. The van der Waals surface area contributed by atoms with Crippen LogP contribution in [0, 0.1) is 18.7 Å². The van der Waals surface area contributed by atoms with Crippen molar-refractivity contribution in [2.75, 3.05) is 38.5 Å². The molecule has 1 saturated heterocycles. The quantitative estimate of drug-likeness (QED) is 0.590. The van der Waals surface area contributed by atoms with E-state index >= 15 is 0 Å². The van der Waals surface area contributed by atoms with Crippen LogP contribution in [0.15, 0.2) is 48.5 Å². The molecule has 0 radical (unpaired) electrons. The van der Waals surface area contributed by atoms with Crippen LogP contribution in [0.4, 0.5) is 4.39 Å². The summed E-state index contributed by atoms with van der Waals surface area (Å²) in [5.74, 6) is 1.16. The van der Waals surface area contributed by atoms with Crippen molar-refractivity contribution in [3.63, 3.8) is 0 Å². The fraction of sp³-hybridized carbons (Fsp3) is 0.538. The van der Waals surface area contributed by atoms with Crippen molar-refractivity contribution >= 4 is 11.8 Å². The van der Waals surface area contributed by atoms with Gasteiger partial charge in [0.25, 0.3) is 0 Å². The van der Waals surface area contributed by atoms with E-state index in [4.69, 9.17) is 0 Å². The largest absolute Gasteiger partial charge is 0.396 e. The molecular formula is C26H37FN2OS. The summed E-state index contributed by atoms with van der Waals surface area (Å²) >= 11 is 1.94. The Morgan fingerprint density at radius 3 is 2.10 bits per heavy atom. The number of nitrogens with zero attached hydrogens (tertiary/aromatic N) is 2. The van der Waals surface area contributed by atoms with Gasteiger partial charge in [-0.3, -0.25) is 9.80 Å². The van der Waals surface area contributed by atoms with Crippen LogP contribution < -0.4 is 0 Å². The molecule has 0 spiro atoms. The topological polar surface area (TPSA) is 26.7 Å². The summed E-state index contributed by atoms with van der Waals surface area (Å²) in [7, 11) is 0. The Hall–Kier alpha value is -1.40. The molecule has 0 aromatic heterocycles. The van der Waals surface area contributed by atoms with Gasteiger partial charge in [-0.2, -0.15) is 0 Å². The standard InChI is InChI=1S/C26H37FN2OS/c1-19-5-7-23(8-6-19)26(24-9-11-25(27)12-10-24)31-14-13-28-16-21(3)29(22(4)17-28)15-20(2)18-30/h5-12,20-22,26,30H,13-18H2,1-4H3/t20?,21-,22+,26?. The Bertz CT molecular complexity index is 741. The third kappa shape index (κ3) is 6.79. The van der Waals surface area contributed by atoms with Crippen molar-refractivity contribution in [1.82, 2.24) is 9.80 Å². The van der Waals surface area contributed by atoms with E-state index < -0.39 is 0 Å². The number of aliphatic hydroxyl groups is 1. The first kappa shape index (κ1) is 24.2. The molecule has 1 N–H and O–H groups in total. The van der Waals surface area contributed by atoms with Gasteiger partial charge in [0.2, 0.25) is 0 Å². The lowest BCUT2D eigenvalue weighted by molar-refractivity contribution is 0.0252. The molecule has 0 bridgehead atoms. The number of piperazine rings is 1. The zero-order chi connectivity index (χ0) is 22.4. The van der Waals surface area contributed by atoms with Crippen molar-refractivity contribution in [3.05, 3.63) is 71.0 Å². The second-order valence-electron chi connectivity index (χ2n) is 9.16. The molecule has 2 aromatic rings. The van der Waals surface area contributed by atoms with Crippen LogP contribution in [0.1, 0.15) is 42.7 Å². The van der Waals surface area contributed by atoms with E-state index in [1.807, 2.05) is 23.9 Å². The summed E-state index contributed by atoms with van der Waals surface area (Å²) in [5, 5.41) is 9.63. The minimum atomic E-state index is -0.187. The third-order valence-corrected chi connectivity index (χ3v) is 7.55. The lowest BCUT2D eigenvalue weighted by Crippen LogP contribution is -2.57. The van der Waals surface area contributed by atoms with Gasteiger partial charge >= 0.3 is 0 Å². The van der Waals surface area contributed by atoms with E-state index in [0.717, 1.165) is 37.5 Å². The summed E-state index contributed by atoms with van der Waals surface area (Å²) in [6.07, 6.45) is 0. The number of rotatable bonds is 9. The molecule has 2 aromatic carbocycles. The second-order valence-corrected chi connectivity index (χ2v) is 10.4. The predicted octanol–water partition coefficient (Wildman–Crippen LogP) is 4.98. The maximum Gasteiger partial charge on any atom is 0.123 e. The number of halogens is 1. The molecule has 1 fully saturated rings. The number of hydrogen-bond acceptors (Lipinski definition) is 4. The van der Waals surface area contributed by atoms with Gasteiger partial charge in [-0.25, -0.2) is 4.39 Å². The highest BCUT2D eigenvalue weighted by Gasteiger charge is 2.30. The first-order valence-corrected chi connectivity index (χ1v) is 12.4. The van der Waals surface area contributed by atoms with Gasteiger partial charge in [0, 0.05) is 50.6 Å². The molecule has 4 atom stereocenters. The average molecular weight is 445 g/mol. The lowest BCUT2D eigenvalue weighted by atomic mass is 10.0.